The molecule has 1 N–H and O–H groups in total. The summed E-state index contributed by atoms with van der Waals surface area (Å²) in [5.41, 5.74) is 4.41. The molecule has 5 rings (SSSR count). The number of nitrogens with zero attached hydrogens (tertiary/aromatic N) is 1. The van der Waals surface area contributed by atoms with Gasteiger partial charge in [0, 0.05) is 30.2 Å². The van der Waals surface area contributed by atoms with Crippen LogP contribution in [0.3, 0.4) is 0 Å². The van der Waals surface area contributed by atoms with Gasteiger partial charge in [0.1, 0.15) is 23.4 Å². The molecule has 0 spiro atoms. The number of rotatable bonds is 4. The Kier molecular flexibility index (Phi) is 4.13. The largest absolute Gasteiger partial charge is 0.496 e. The molecule has 0 bridgehead atoms. The molecular formula is C24H24NO5+. The van der Waals surface area contributed by atoms with Gasteiger partial charge in [-0.15, -0.1) is 0 Å². The van der Waals surface area contributed by atoms with Crippen molar-refractivity contribution in [2.45, 2.75) is 31.3 Å². The summed E-state index contributed by atoms with van der Waals surface area (Å²) >= 11 is 0. The highest BCUT2D eigenvalue weighted by Gasteiger charge is 2.55. The molecule has 154 valence electrons. The van der Waals surface area contributed by atoms with Gasteiger partial charge in [-0.25, -0.2) is 0 Å². The zero-order valence-electron chi connectivity index (χ0n) is 17.3. The summed E-state index contributed by atoms with van der Waals surface area (Å²) < 4.78 is 19.7. The molecule has 0 aliphatic carbocycles. The van der Waals surface area contributed by atoms with Crippen molar-refractivity contribution >= 4 is 23.4 Å². The van der Waals surface area contributed by atoms with Crippen molar-refractivity contribution in [1.29, 1.82) is 0 Å². The summed E-state index contributed by atoms with van der Waals surface area (Å²) in [6, 6.07) is 11.8. The standard InChI is InChI=1S/C24H23NO5/c1-24(13-22(26)27)17-6-4-5-7-18(17)25-9-8-19-16(23(24)25)12-15-20(29-3)10-14(28-2)11-21(15)30-19/h4-7,10-12,19H,8-9,13H2,1-3H3/p+1. The fourth-order valence-corrected chi connectivity index (χ4v) is 5.16. The van der Waals surface area contributed by atoms with Gasteiger partial charge in [0.15, 0.2) is 12.3 Å². The van der Waals surface area contributed by atoms with E-state index in [9.17, 15) is 9.90 Å². The van der Waals surface area contributed by atoms with Gasteiger partial charge in [-0.2, -0.15) is 4.58 Å². The van der Waals surface area contributed by atoms with Crippen LogP contribution >= 0.6 is 0 Å². The smallest absolute Gasteiger partial charge is 0.304 e. The highest BCUT2D eigenvalue weighted by Crippen LogP contribution is 2.49. The van der Waals surface area contributed by atoms with E-state index < -0.39 is 11.4 Å². The number of aliphatic carboxylic acids is 1. The van der Waals surface area contributed by atoms with E-state index in [-0.39, 0.29) is 12.5 Å². The Morgan fingerprint density at radius 3 is 2.80 bits per heavy atom. The first-order valence-electron chi connectivity index (χ1n) is 10.1. The summed E-state index contributed by atoms with van der Waals surface area (Å²) in [7, 11) is 3.24. The highest BCUT2D eigenvalue weighted by molar-refractivity contribution is 6.13. The SMILES string of the molecule is COc1cc(OC)c2c(c1)OC1CC[N+]3=C(C1=C2)C(C)(CC(=O)O)c1ccccc13. The minimum atomic E-state index is -0.816. The quantitative estimate of drug-likeness (QED) is 0.783. The summed E-state index contributed by atoms with van der Waals surface area (Å²) in [6.45, 7) is 2.80. The predicted molar refractivity (Wildman–Crippen MR) is 112 cm³/mol. The molecule has 0 radical (unpaired) electrons. The van der Waals surface area contributed by atoms with Crippen LogP contribution in [0.2, 0.25) is 0 Å². The molecule has 0 fully saturated rings. The molecule has 3 aliphatic heterocycles. The van der Waals surface area contributed by atoms with Crippen molar-refractivity contribution < 1.29 is 28.7 Å². The van der Waals surface area contributed by atoms with Gasteiger partial charge < -0.3 is 19.3 Å². The summed E-state index contributed by atoms with van der Waals surface area (Å²) in [4.78, 5) is 11.9. The Morgan fingerprint density at radius 2 is 2.07 bits per heavy atom. The van der Waals surface area contributed by atoms with Crippen LogP contribution in [0.15, 0.2) is 42.0 Å². The Labute approximate surface area is 175 Å². The van der Waals surface area contributed by atoms with Crippen molar-refractivity contribution in [3.8, 4) is 17.2 Å². The van der Waals surface area contributed by atoms with Crippen molar-refractivity contribution in [1.82, 2.24) is 0 Å². The van der Waals surface area contributed by atoms with Crippen molar-refractivity contribution in [2.24, 2.45) is 0 Å². The molecule has 3 aliphatic rings. The van der Waals surface area contributed by atoms with Gasteiger partial charge in [-0.05, 0) is 13.0 Å². The van der Waals surface area contributed by atoms with Crippen molar-refractivity contribution in [3.05, 3.63) is 53.1 Å². The average Bonchev–Trinajstić information content (AvgIpc) is 2.99. The molecule has 2 atom stereocenters. The lowest BCUT2D eigenvalue weighted by Crippen LogP contribution is -2.45. The van der Waals surface area contributed by atoms with Crippen LogP contribution in [0, 0.1) is 0 Å². The maximum absolute atomic E-state index is 11.9. The third-order valence-electron chi connectivity index (χ3n) is 6.42. The molecule has 0 saturated heterocycles. The lowest BCUT2D eigenvalue weighted by molar-refractivity contribution is -0.444. The Bertz CT molecular complexity index is 1130. The molecule has 3 heterocycles. The van der Waals surface area contributed by atoms with E-state index in [1.54, 1.807) is 14.2 Å². The zero-order chi connectivity index (χ0) is 21.0. The Morgan fingerprint density at radius 1 is 1.27 bits per heavy atom. The van der Waals surface area contributed by atoms with E-state index in [2.05, 4.69) is 16.7 Å². The molecule has 0 saturated carbocycles. The second-order valence-electron chi connectivity index (χ2n) is 8.16. The maximum Gasteiger partial charge on any atom is 0.304 e. The number of hydrogen-bond donors (Lipinski definition) is 1. The first-order valence-corrected chi connectivity index (χ1v) is 10.1. The third-order valence-corrected chi connectivity index (χ3v) is 6.42. The van der Waals surface area contributed by atoms with E-state index in [0.29, 0.717) is 11.5 Å². The molecule has 2 unspecified atom stereocenters. The first kappa shape index (κ1) is 18.7. The van der Waals surface area contributed by atoms with Gasteiger partial charge in [0.05, 0.1) is 37.2 Å². The minimum Gasteiger partial charge on any atom is -0.496 e. The third kappa shape index (κ3) is 2.56. The number of para-hydroxylation sites is 1. The van der Waals surface area contributed by atoms with E-state index in [1.165, 1.54) is 0 Å². The second-order valence-corrected chi connectivity index (χ2v) is 8.16. The normalized spacial score (nSPS) is 23.4. The molecular weight excluding hydrogens is 382 g/mol. The number of carbonyl (C=O) groups is 1. The van der Waals surface area contributed by atoms with Crippen LogP contribution in [-0.4, -0.2) is 48.2 Å². The fourth-order valence-electron chi connectivity index (χ4n) is 5.16. The topological polar surface area (TPSA) is 68.0 Å². The summed E-state index contributed by atoms with van der Waals surface area (Å²) in [5, 5.41) is 9.73. The molecule has 2 aromatic rings. The Balaban J connectivity index is 1.73. The number of methoxy groups -OCH3 is 2. The lowest BCUT2D eigenvalue weighted by atomic mass is 9.72. The molecule has 2 aromatic carbocycles. The van der Waals surface area contributed by atoms with Gasteiger partial charge in [0.2, 0.25) is 5.69 Å². The molecule has 6 heteroatoms. The summed E-state index contributed by atoms with van der Waals surface area (Å²) in [5.74, 6) is 1.26. The van der Waals surface area contributed by atoms with Crippen molar-refractivity contribution in [3.63, 3.8) is 0 Å². The van der Waals surface area contributed by atoms with Gasteiger partial charge in [0.25, 0.3) is 0 Å². The predicted octanol–water partition coefficient (Wildman–Crippen LogP) is 3.78. The fraction of sp³-hybridized carbons (Fsp3) is 0.333. The van der Waals surface area contributed by atoms with E-state index in [0.717, 1.165) is 46.8 Å². The maximum atomic E-state index is 11.9. The van der Waals surface area contributed by atoms with Crippen LogP contribution in [-0.2, 0) is 10.2 Å². The number of hydrogen-bond acceptors (Lipinski definition) is 4. The van der Waals surface area contributed by atoms with Crippen LogP contribution in [0.5, 0.6) is 17.2 Å². The molecule has 30 heavy (non-hydrogen) atoms. The van der Waals surface area contributed by atoms with E-state index in [4.69, 9.17) is 14.2 Å². The molecule has 6 nitrogen and oxygen atoms in total. The minimum absolute atomic E-state index is 0.0203. The van der Waals surface area contributed by atoms with Gasteiger partial charge >= 0.3 is 5.97 Å². The number of carboxylic acids is 1. The van der Waals surface area contributed by atoms with Crippen molar-refractivity contribution in [2.75, 3.05) is 20.8 Å². The monoisotopic (exact) mass is 406 g/mol. The number of ether oxygens (including phenoxy) is 3. The van der Waals surface area contributed by atoms with Crippen LogP contribution in [0.4, 0.5) is 5.69 Å². The van der Waals surface area contributed by atoms with E-state index in [1.807, 2.05) is 37.3 Å². The molecule has 0 amide bonds. The first-order chi connectivity index (χ1) is 14.5. The Hall–Kier alpha value is -3.28. The van der Waals surface area contributed by atoms with Gasteiger partial charge in [-0.3, -0.25) is 4.79 Å². The second kappa shape index (κ2) is 6.62. The highest BCUT2D eigenvalue weighted by atomic mass is 16.5. The number of fused-ring (bicyclic) bond motifs is 5. The van der Waals surface area contributed by atoms with E-state index >= 15 is 0 Å². The average molecular weight is 406 g/mol. The van der Waals surface area contributed by atoms with Crippen LogP contribution in [0.25, 0.3) is 6.08 Å². The number of benzene rings is 2. The lowest BCUT2D eigenvalue weighted by Gasteiger charge is -2.33. The van der Waals surface area contributed by atoms with Crippen LogP contribution < -0.4 is 14.2 Å². The summed E-state index contributed by atoms with van der Waals surface area (Å²) in [6.07, 6.45) is 2.80. The zero-order valence-corrected chi connectivity index (χ0v) is 17.3. The van der Waals surface area contributed by atoms with Crippen LogP contribution in [0.1, 0.15) is 30.9 Å². The number of carboxylic acid groups (broad SMARTS) is 1. The molecule has 0 aromatic heterocycles. The van der Waals surface area contributed by atoms with Gasteiger partial charge in [-0.1, -0.05) is 18.2 Å².